The molecule has 1 aromatic heterocycles. The number of carboxylic acid groups (broad SMARTS) is 1. The highest BCUT2D eigenvalue weighted by Gasteiger charge is 2.32. The summed E-state index contributed by atoms with van der Waals surface area (Å²) < 4.78 is 35.4. The summed E-state index contributed by atoms with van der Waals surface area (Å²) in [6.07, 6.45) is 0.996. The van der Waals surface area contributed by atoms with Gasteiger partial charge in [0.05, 0.1) is 5.69 Å². The van der Waals surface area contributed by atoms with Crippen LogP contribution in [0.4, 0.5) is 5.69 Å². The third kappa shape index (κ3) is 4.24. The highest BCUT2D eigenvalue weighted by atomic mass is 32.2. The molecule has 1 heterocycles. The normalized spacial score (nSPS) is 11.6. The zero-order valence-electron chi connectivity index (χ0n) is 18.5. The standard InChI is InChI=1S/C26H25NO5S/c1-3-20-14-15-22-23(18(2)24(32-22)26(28)29)25(20)33(30,31)27(21-12-8-5-9-13-21)17-16-19-10-6-4-7-11-19/h4-15H,3,16-17H2,1-2H3,(H,28,29). The Bertz CT molecular complexity index is 1390. The summed E-state index contributed by atoms with van der Waals surface area (Å²) in [5, 5.41) is 9.86. The van der Waals surface area contributed by atoms with Crippen LogP contribution in [0.15, 0.2) is 82.1 Å². The van der Waals surface area contributed by atoms with Gasteiger partial charge in [-0.25, -0.2) is 13.2 Å². The monoisotopic (exact) mass is 463 g/mol. The van der Waals surface area contributed by atoms with Gasteiger partial charge in [-0.05, 0) is 49.1 Å². The van der Waals surface area contributed by atoms with Crippen molar-refractivity contribution in [3.63, 3.8) is 0 Å². The number of hydrogen-bond acceptors (Lipinski definition) is 4. The first-order valence-corrected chi connectivity index (χ1v) is 12.2. The SMILES string of the molecule is CCc1ccc2oc(C(=O)O)c(C)c2c1S(=O)(=O)N(CCc1ccccc1)c1ccccc1. The van der Waals surface area contributed by atoms with Gasteiger partial charge in [-0.2, -0.15) is 0 Å². The molecule has 0 aliphatic rings. The van der Waals surface area contributed by atoms with Crippen LogP contribution in [0.25, 0.3) is 11.0 Å². The van der Waals surface area contributed by atoms with E-state index in [1.807, 2.05) is 43.3 Å². The summed E-state index contributed by atoms with van der Waals surface area (Å²) in [5.41, 5.74) is 2.74. The Hall–Kier alpha value is -3.58. The van der Waals surface area contributed by atoms with E-state index in [1.54, 1.807) is 43.3 Å². The van der Waals surface area contributed by atoms with Crippen molar-refractivity contribution < 1.29 is 22.7 Å². The molecule has 0 spiro atoms. The Morgan fingerprint density at radius 1 is 0.970 bits per heavy atom. The molecular formula is C26H25NO5S. The van der Waals surface area contributed by atoms with Gasteiger partial charge in [0.25, 0.3) is 10.0 Å². The van der Waals surface area contributed by atoms with Crippen LogP contribution < -0.4 is 4.31 Å². The van der Waals surface area contributed by atoms with E-state index in [1.165, 1.54) is 4.31 Å². The van der Waals surface area contributed by atoms with Gasteiger partial charge in [-0.1, -0.05) is 61.5 Å². The van der Waals surface area contributed by atoms with Gasteiger partial charge in [0.2, 0.25) is 5.76 Å². The average Bonchev–Trinajstić information content (AvgIpc) is 3.16. The number of furan rings is 1. The lowest BCUT2D eigenvalue weighted by Gasteiger charge is -2.26. The summed E-state index contributed by atoms with van der Waals surface area (Å²) in [5.74, 6) is -1.47. The molecule has 6 nitrogen and oxygen atoms in total. The summed E-state index contributed by atoms with van der Waals surface area (Å²) in [6, 6.07) is 22.0. The molecule has 7 heteroatoms. The minimum absolute atomic E-state index is 0.105. The number of benzene rings is 3. The maximum Gasteiger partial charge on any atom is 0.372 e. The van der Waals surface area contributed by atoms with E-state index in [9.17, 15) is 18.3 Å². The van der Waals surface area contributed by atoms with Crippen LogP contribution in [-0.2, 0) is 22.9 Å². The van der Waals surface area contributed by atoms with Crippen LogP contribution in [0.3, 0.4) is 0 Å². The summed E-state index contributed by atoms with van der Waals surface area (Å²) in [7, 11) is -4.05. The van der Waals surface area contributed by atoms with Gasteiger partial charge >= 0.3 is 5.97 Å². The van der Waals surface area contributed by atoms with E-state index >= 15 is 0 Å². The lowest BCUT2D eigenvalue weighted by Crippen LogP contribution is -2.33. The number of fused-ring (bicyclic) bond motifs is 1. The molecule has 0 radical (unpaired) electrons. The van der Waals surface area contributed by atoms with Gasteiger partial charge in [-0.3, -0.25) is 4.31 Å². The fraction of sp³-hybridized carbons (Fsp3) is 0.192. The first-order valence-electron chi connectivity index (χ1n) is 10.7. The van der Waals surface area contributed by atoms with Crippen LogP contribution in [0, 0.1) is 6.92 Å². The molecule has 3 aromatic carbocycles. The molecule has 4 rings (SSSR count). The lowest BCUT2D eigenvalue weighted by atomic mass is 10.1. The van der Waals surface area contributed by atoms with Crippen LogP contribution in [0.1, 0.15) is 34.2 Å². The molecule has 4 aromatic rings. The van der Waals surface area contributed by atoms with E-state index in [-0.39, 0.29) is 22.8 Å². The summed E-state index contributed by atoms with van der Waals surface area (Å²) in [6.45, 7) is 3.70. The van der Waals surface area contributed by atoms with E-state index in [2.05, 4.69) is 0 Å². The number of sulfonamides is 1. The fourth-order valence-corrected chi connectivity index (χ4v) is 6.10. The number of anilines is 1. The largest absolute Gasteiger partial charge is 0.475 e. The van der Waals surface area contributed by atoms with Gasteiger partial charge in [-0.15, -0.1) is 0 Å². The minimum atomic E-state index is -4.05. The number of aromatic carboxylic acids is 1. The lowest BCUT2D eigenvalue weighted by molar-refractivity contribution is 0.0664. The van der Waals surface area contributed by atoms with Crippen molar-refractivity contribution >= 4 is 32.6 Å². The second-order valence-corrected chi connectivity index (χ2v) is 9.59. The van der Waals surface area contributed by atoms with Crippen molar-refractivity contribution in [2.24, 2.45) is 0 Å². The predicted octanol–water partition coefficient (Wildman–Crippen LogP) is 5.44. The van der Waals surface area contributed by atoms with Crippen molar-refractivity contribution in [2.45, 2.75) is 31.6 Å². The van der Waals surface area contributed by atoms with E-state index in [4.69, 9.17) is 4.42 Å². The Kier molecular flexibility index (Phi) is 6.24. The molecule has 1 N–H and O–H groups in total. The van der Waals surface area contributed by atoms with Gasteiger partial charge in [0, 0.05) is 17.5 Å². The highest BCUT2D eigenvalue weighted by molar-refractivity contribution is 7.93. The molecule has 0 aliphatic heterocycles. The van der Waals surface area contributed by atoms with E-state index in [0.717, 1.165) is 5.56 Å². The molecule has 33 heavy (non-hydrogen) atoms. The summed E-state index contributed by atoms with van der Waals surface area (Å²) in [4.78, 5) is 11.8. The molecule has 0 bridgehead atoms. The van der Waals surface area contributed by atoms with Crippen LogP contribution in [-0.4, -0.2) is 26.0 Å². The first-order chi connectivity index (χ1) is 15.8. The van der Waals surface area contributed by atoms with Crippen molar-refractivity contribution in [2.75, 3.05) is 10.8 Å². The van der Waals surface area contributed by atoms with Gasteiger partial charge in [0.15, 0.2) is 0 Å². The van der Waals surface area contributed by atoms with Crippen LogP contribution in [0.2, 0.25) is 0 Å². The Morgan fingerprint density at radius 2 is 1.61 bits per heavy atom. The molecule has 0 unspecified atom stereocenters. The van der Waals surface area contributed by atoms with Crippen LogP contribution >= 0.6 is 0 Å². The molecular weight excluding hydrogens is 438 g/mol. The molecule has 0 saturated carbocycles. The van der Waals surface area contributed by atoms with Gasteiger partial charge < -0.3 is 9.52 Å². The number of rotatable bonds is 8. The van der Waals surface area contributed by atoms with Gasteiger partial charge in [0.1, 0.15) is 10.5 Å². The minimum Gasteiger partial charge on any atom is -0.475 e. The molecule has 0 atom stereocenters. The predicted molar refractivity (Wildman–Crippen MR) is 128 cm³/mol. The van der Waals surface area contributed by atoms with E-state index < -0.39 is 16.0 Å². The first kappa shape index (κ1) is 22.6. The highest BCUT2D eigenvalue weighted by Crippen LogP contribution is 2.37. The third-order valence-electron chi connectivity index (χ3n) is 5.74. The zero-order valence-corrected chi connectivity index (χ0v) is 19.3. The van der Waals surface area contributed by atoms with Crippen molar-refractivity contribution in [3.05, 3.63) is 95.2 Å². The van der Waals surface area contributed by atoms with E-state index in [0.29, 0.717) is 35.0 Å². The smallest absolute Gasteiger partial charge is 0.372 e. The molecule has 0 amide bonds. The molecule has 170 valence electrons. The maximum atomic E-state index is 14.2. The molecule has 0 saturated heterocycles. The fourth-order valence-electron chi connectivity index (χ4n) is 4.09. The van der Waals surface area contributed by atoms with Crippen molar-refractivity contribution in [1.29, 1.82) is 0 Å². The number of para-hydroxylation sites is 1. The Labute approximate surface area is 193 Å². The third-order valence-corrected chi connectivity index (χ3v) is 7.70. The maximum absolute atomic E-state index is 14.2. The number of hydrogen-bond donors (Lipinski definition) is 1. The number of aryl methyl sites for hydroxylation is 2. The van der Waals surface area contributed by atoms with Crippen LogP contribution in [0.5, 0.6) is 0 Å². The zero-order chi connectivity index (χ0) is 23.6. The topological polar surface area (TPSA) is 87.8 Å². The molecule has 0 fully saturated rings. The number of carboxylic acids is 1. The quantitative estimate of drug-likeness (QED) is 0.376. The second kappa shape index (κ2) is 9.11. The number of carbonyl (C=O) groups is 1. The number of nitrogens with zero attached hydrogens (tertiary/aromatic N) is 1. The Balaban J connectivity index is 1.91. The average molecular weight is 464 g/mol. The molecule has 0 aliphatic carbocycles. The Morgan fingerprint density at radius 3 is 2.21 bits per heavy atom. The summed E-state index contributed by atoms with van der Waals surface area (Å²) >= 11 is 0. The van der Waals surface area contributed by atoms with Crippen molar-refractivity contribution in [3.8, 4) is 0 Å². The second-order valence-electron chi connectivity index (χ2n) is 7.79. The van der Waals surface area contributed by atoms with Crippen molar-refractivity contribution in [1.82, 2.24) is 0 Å².